The molecule has 2 aromatic heterocycles. The Balaban J connectivity index is 0.000000880. The first-order chi connectivity index (χ1) is 12.3. The maximum absolute atomic E-state index is 6.01. The second-order valence-corrected chi connectivity index (χ2v) is 5.97. The van der Waals surface area contributed by atoms with E-state index in [1.807, 2.05) is 32.0 Å². The van der Waals surface area contributed by atoms with Crippen LogP contribution >= 0.6 is 0 Å². The van der Waals surface area contributed by atoms with E-state index in [1.54, 1.807) is 6.26 Å². The van der Waals surface area contributed by atoms with E-state index in [2.05, 4.69) is 33.6 Å². The van der Waals surface area contributed by atoms with Crippen LogP contribution in [0, 0.1) is 0 Å². The number of piperidine rings is 1. The Labute approximate surface area is 148 Å². The molecule has 0 radical (unpaired) electrons. The lowest BCUT2D eigenvalue weighted by molar-refractivity contribution is 0.462. The van der Waals surface area contributed by atoms with Gasteiger partial charge < -0.3 is 20.5 Å². The van der Waals surface area contributed by atoms with E-state index in [0.717, 1.165) is 24.3 Å². The molecule has 0 amide bonds. The first-order valence-electron chi connectivity index (χ1n) is 9.01. The molecule has 0 spiro atoms. The Morgan fingerprint density at radius 1 is 1.20 bits per heavy atom. The number of nitrogens with two attached hydrogens (primary N) is 1. The van der Waals surface area contributed by atoms with E-state index in [9.17, 15) is 0 Å². The third kappa shape index (κ3) is 3.77. The summed E-state index contributed by atoms with van der Waals surface area (Å²) in [5, 5.41) is 4.66. The number of hydrogen-bond acceptors (Lipinski definition) is 3. The fraction of sp³-hybridized carbons (Fsp3) is 0.350. The summed E-state index contributed by atoms with van der Waals surface area (Å²) in [6.07, 6.45) is 6.09. The molecule has 0 atom stereocenters. The van der Waals surface area contributed by atoms with E-state index in [1.165, 1.54) is 23.8 Å². The highest BCUT2D eigenvalue weighted by Gasteiger charge is 2.18. The molecule has 5 nitrogen and oxygen atoms in total. The van der Waals surface area contributed by atoms with Crippen molar-refractivity contribution in [3.63, 3.8) is 0 Å². The van der Waals surface area contributed by atoms with Crippen LogP contribution in [-0.4, -0.2) is 23.9 Å². The van der Waals surface area contributed by atoms with Crippen LogP contribution in [0.3, 0.4) is 0 Å². The third-order valence-electron chi connectivity index (χ3n) is 4.50. The van der Waals surface area contributed by atoms with Gasteiger partial charge in [-0.15, -0.1) is 0 Å². The average Bonchev–Trinajstić information content (AvgIpc) is 3.34. The van der Waals surface area contributed by atoms with Crippen LogP contribution < -0.4 is 11.1 Å². The van der Waals surface area contributed by atoms with E-state index in [4.69, 9.17) is 10.2 Å². The van der Waals surface area contributed by atoms with Gasteiger partial charge in [0.2, 0.25) is 0 Å². The standard InChI is InChI=1S/C18H20N4O.C2H6/c19-18(17-2-1-9-23-17)22-13-3-4-16-14(10-13)15(11-21-16)12-5-7-20-8-6-12;1-2/h1-4,9-12,20-21H,5-8H2,(H2,19,22);1-2H3. The molecule has 132 valence electrons. The van der Waals surface area contributed by atoms with Crippen molar-refractivity contribution < 1.29 is 4.42 Å². The van der Waals surface area contributed by atoms with Crippen molar-refractivity contribution in [3.05, 3.63) is 54.1 Å². The minimum Gasteiger partial charge on any atom is -0.461 e. The number of aliphatic imine (C=N–C) groups is 1. The van der Waals surface area contributed by atoms with Crippen LogP contribution in [0.5, 0.6) is 0 Å². The molecule has 3 aromatic rings. The summed E-state index contributed by atoms with van der Waals surface area (Å²) in [5.74, 6) is 1.60. The normalized spacial score (nSPS) is 15.8. The Kier molecular flexibility index (Phi) is 5.56. The smallest absolute Gasteiger partial charge is 0.168 e. The predicted molar refractivity (Wildman–Crippen MR) is 104 cm³/mol. The lowest BCUT2D eigenvalue weighted by Crippen LogP contribution is -2.26. The number of aromatic amines is 1. The number of fused-ring (bicyclic) bond motifs is 1. The fourth-order valence-electron chi connectivity index (χ4n) is 3.29. The van der Waals surface area contributed by atoms with Crippen molar-refractivity contribution in [2.45, 2.75) is 32.6 Å². The Morgan fingerprint density at radius 3 is 2.72 bits per heavy atom. The van der Waals surface area contributed by atoms with E-state index in [-0.39, 0.29) is 0 Å². The van der Waals surface area contributed by atoms with E-state index < -0.39 is 0 Å². The SMILES string of the molecule is CC.NC(=Nc1ccc2[nH]cc(C3CCNCC3)c2c1)c1ccco1. The quantitative estimate of drug-likeness (QED) is 0.492. The molecule has 0 unspecified atom stereocenters. The van der Waals surface area contributed by atoms with Gasteiger partial charge in [0, 0.05) is 17.1 Å². The number of nitrogens with zero attached hydrogens (tertiary/aromatic N) is 1. The van der Waals surface area contributed by atoms with Gasteiger partial charge in [-0.1, -0.05) is 13.8 Å². The Hall–Kier alpha value is -2.53. The molecule has 1 aromatic carbocycles. The van der Waals surface area contributed by atoms with Gasteiger partial charge in [-0.25, -0.2) is 4.99 Å². The van der Waals surface area contributed by atoms with Crippen LogP contribution in [0.15, 0.2) is 52.2 Å². The van der Waals surface area contributed by atoms with Crippen molar-refractivity contribution in [3.8, 4) is 0 Å². The highest BCUT2D eigenvalue weighted by Crippen LogP contribution is 2.33. The zero-order valence-electron chi connectivity index (χ0n) is 14.9. The van der Waals surface area contributed by atoms with Gasteiger partial charge in [0.25, 0.3) is 0 Å². The van der Waals surface area contributed by atoms with Gasteiger partial charge in [0.15, 0.2) is 11.6 Å². The molecule has 1 saturated heterocycles. The number of furan rings is 1. The monoisotopic (exact) mass is 338 g/mol. The van der Waals surface area contributed by atoms with E-state index in [0.29, 0.717) is 17.5 Å². The molecule has 1 aliphatic heterocycles. The maximum atomic E-state index is 6.01. The van der Waals surface area contributed by atoms with Crippen molar-refractivity contribution >= 4 is 22.4 Å². The number of benzene rings is 1. The molecule has 0 bridgehead atoms. The molecule has 5 heteroatoms. The number of aromatic nitrogens is 1. The van der Waals surface area contributed by atoms with Crippen LogP contribution in [0.2, 0.25) is 0 Å². The summed E-state index contributed by atoms with van der Waals surface area (Å²) in [5.41, 5.74) is 9.39. The largest absolute Gasteiger partial charge is 0.461 e. The maximum Gasteiger partial charge on any atom is 0.168 e. The van der Waals surface area contributed by atoms with Crippen LogP contribution in [0.1, 0.15) is 43.9 Å². The minimum absolute atomic E-state index is 0.397. The number of nitrogens with one attached hydrogen (secondary N) is 2. The number of amidine groups is 1. The third-order valence-corrected chi connectivity index (χ3v) is 4.50. The first-order valence-corrected chi connectivity index (χ1v) is 9.01. The number of H-pyrrole nitrogens is 1. The molecule has 4 rings (SSSR count). The summed E-state index contributed by atoms with van der Waals surface area (Å²) in [7, 11) is 0. The molecule has 1 aliphatic rings. The van der Waals surface area contributed by atoms with Gasteiger partial charge in [-0.3, -0.25) is 0 Å². The summed E-state index contributed by atoms with van der Waals surface area (Å²) >= 11 is 0. The highest BCUT2D eigenvalue weighted by atomic mass is 16.3. The summed E-state index contributed by atoms with van der Waals surface area (Å²) in [4.78, 5) is 7.87. The van der Waals surface area contributed by atoms with Crippen LogP contribution in [-0.2, 0) is 0 Å². The summed E-state index contributed by atoms with van der Waals surface area (Å²) in [6, 6.07) is 9.77. The molecule has 25 heavy (non-hydrogen) atoms. The average molecular weight is 338 g/mol. The summed E-state index contributed by atoms with van der Waals surface area (Å²) < 4.78 is 5.29. The predicted octanol–water partition coefficient (Wildman–Crippen LogP) is 4.29. The zero-order chi connectivity index (χ0) is 17.6. The van der Waals surface area contributed by atoms with Crippen molar-refractivity contribution in [2.24, 2.45) is 10.7 Å². The highest BCUT2D eigenvalue weighted by molar-refractivity contribution is 5.97. The van der Waals surface area contributed by atoms with Gasteiger partial charge in [-0.2, -0.15) is 0 Å². The fourth-order valence-corrected chi connectivity index (χ4v) is 3.29. The molecule has 3 heterocycles. The minimum atomic E-state index is 0.397. The van der Waals surface area contributed by atoms with Crippen LogP contribution in [0.4, 0.5) is 5.69 Å². The lowest BCUT2D eigenvalue weighted by atomic mass is 9.90. The topological polar surface area (TPSA) is 79.3 Å². The molecule has 0 saturated carbocycles. The van der Waals surface area contributed by atoms with Gasteiger partial charge >= 0.3 is 0 Å². The molecular formula is C20H26N4O. The van der Waals surface area contributed by atoms with Gasteiger partial charge in [-0.05, 0) is 67.7 Å². The zero-order valence-corrected chi connectivity index (χ0v) is 14.9. The van der Waals surface area contributed by atoms with Crippen molar-refractivity contribution in [1.29, 1.82) is 0 Å². The van der Waals surface area contributed by atoms with E-state index >= 15 is 0 Å². The summed E-state index contributed by atoms with van der Waals surface area (Å²) in [6.45, 7) is 6.17. The van der Waals surface area contributed by atoms with Crippen LogP contribution in [0.25, 0.3) is 10.9 Å². The molecule has 0 aliphatic carbocycles. The second-order valence-electron chi connectivity index (χ2n) is 5.97. The Bertz CT molecular complexity index is 827. The lowest BCUT2D eigenvalue weighted by Gasteiger charge is -2.22. The van der Waals surface area contributed by atoms with Crippen molar-refractivity contribution in [1.82, 2.24) is 10.3 Å². The molecule has 1 fully saturated rings. The molecular weight excluding hydrogens is 312 g/mol. The number of rotatable bonds is 3. The van der Waals surface area contributed by atoms with Gasteiger partial charge in [0.1, 0.15) is 0 Å². The van der Waals surface area contributed by atoms with Crippen molar-refractivity contribution in [2.75, 3.05) is 13.1 Å². The number of hydrogen-bond donors (Lipinski definition) is 3. The Morgan fingerprint density at radius 2 is 2.00 bits per heavy atom. The first kappa shape index (κ1) is 17.3. The molecule has 4 N–H and O–H groups in total. The van der Waals surface area contributed by atoms with Gasteiger partial charge in [0.05, 0.1) is 12.0 Å². The second kappa shape index (κ2) is 8.03.